The summed E-state index contributed by atoms with van der Waals surface area (Å²) in [4.78, 5) is 11.2. The fourth-order valence-corrected chi connectivity index (χ4v) is 2.50. The molecule has 5 nitrogen and oxygen atoms in total. The summed E-state index contributed by atoms with van der Waals surface area (Å²) in [7, 11) is 4.15. The van der Waals surface area contributed by atoms with Crippen molar-refractivity contribution in [2.75, 3.05) is 31.7 Å². The summed E-state index contributed by atoms with van der Waals surface area (Å²) in [6, 6.07) is 8.09. The molecule has 0 aliphatic rings. The van der Waals surface area contributed by atoms with E-state index in [1.54, 1.807) is 0 Å². The topological polar surface area (TPSA) is 67.1 Å². The normalized spacial score (nSPS) is 13.0. The summed E-state index contributed by atoms with van der Waals surface area (Å²) in [5.74, 6) is 1.75. The monoisotopic (exact) mass is 287 g/mol. The second-order valence-corrected chi connectivity index (χ2v) is 6.18. The largest absolute Gasteiger partial charge is 0.381 e. The number of rotatable bonds is 6. The number of hydrogen-bond acceptors (Lipinski definition) is 5. The molecule has 2 aromatic rings. The van der Waals surface area contributed by atoms with Gasteiger partial charge in [-0.05, 0) is 38.6 Å². The van der Waals surface area contributed by atoms with Gasteiger partial charge >= 0.3 is 0 Å². The molecule has 2 rings (SSSR count). The van der Waals surface area contributed by atoms with Gasteiger partial charge in [-0.2, -0.15) is 0 Å². The summed E-state index contributed by atoms with van der Waals surface area (Å²) in [6.45, 7) is 5.38. The number of para-hydroxylation sites is 2. The number of fused-ring (bicyclic) bond motifs is 1. The first kappa shape index (κ1) is 15.5. The van der Waals surface area contributed by atoms with E-state index in [9.17, 15) is 0 Å². The fraction of sp³-hybridized carbons (Fsp3) is 0.500. The van der Waals surface area contributed by atoms with Crippen molar-refractivity contribution >= 4 is 22.7 Å². The van der Waals surface area contributed by atoms with E-state index < -0.39 is 0 Å². The van der Waals surface area contributed by atoms with Gasteiger partial charge in [-0.3, -0.25) is 0 Å². The second-order valence-electron chi connectivity index (χ2n) is 6.18. The van der Waals surface area contributed by atoms with E-state index >= 15 is 0 Å². The lowest BCUT2D eigenvalue weighted by molar-refractivity contribution is 0.356. The zero-order chi connectivity index (χ0) is 15.4. The second kappa shape index (κ2) is 6.72. The molecule has 1 atom stereocenters. The van der Waals surface area contributed by atoms with Crippen molar-refractivity contribution in [1.82, 2.24) is 14.9 Å². The predicted octanol–water partition coefficient (Wildman–Crippen LogP) is 2.60. The molecule has 1 unspecified atom stereocenters. The Hall–Kier alpha value is -1.88. The average molecular weight is 287 g/mol. The quantitative estimate of drug-likeness (QED) is 0.855. The highest BCUT2D eigenvalue weighted by Gasteiger charge is 2.15. The molecule has 0 aliphatic carbocycles. The number of aromatic nitrogens is 2. The number of nitrogens with one attached hydrogen (secondary N) is 1. The molecule has 114 valence electrons. The Morgan fingerprint density at radius 3 is 2.33 bits per heavy atom. The van der Waals surface area contributed by atoms with Crippen molar-refractivity contribution in [3.63, 3.8) is 0 Å². The van der Waals surface area contributed by atoms with E-state index in [2.05, 4.69) is 48.1 Å². The molecule has 0 bridgehead atoms. The Bertz CT molecular complexity index is 584. The van der Waals surface area contributed by atoms with Gasteiger partial charge in [0.05, 0.1) is 11.0 Å². The number of nitrogen functional groups attached to an aromatic ring is 1. The Kier molecular flexibility index (Phi) is 4.96. The minimum atomic E-state index is 0.303. The van der Waals surface area contributed by atoms with Crippen molar-refractivity contribution in [1.29, 1.82) is 0 Å². The molecule has 0 saturated heterocycles. The van der Waals surface area contributed by atoms with Crippen LogP contribution in [0, 0.1) is 5.92 Å². The molecule has 3 N–H and O–H groups in total. The number of nitrogens with zero attached hydrogens (tertiary/aromatic N) is 3. The lowest BCUT2D eigenvalue weighted by atomic mass is 10.0. The molecule has 0 fully saturated rings. The maximum absolute atomic E-state index is 6.05. The van der Waals surface area contributed by atoms with Gasteiger partial charge in [0.1, 0.15) is 0 Å². The summed E-state index contributed by atoms with van der Waals surface area (Å²) >= 11 is 0. The van der Waals surface area contributed by atoms with E-state index in [0.717, 1.165) is 24.0 Å². The highest BCUT2D eigenvalue weighted by atomic mass is 15.1. The predicted molar refractivity (Wildman–Crippen MR) is 89.4 cm³/mol. The lowest BCUT2D eigenvalue weighted by Gasteiger charge is -2.24. The number of benzene rings is 1. The average Bonchev–Trinajstić information content (AvgIpc) is 2.38. The highest BCUT2D eigenvalue weighted by molar-refractivity contribution is 5.79. The zero-order valence-electron chi connectivity index (χ0n) is 13.3. The summed E-state index contributed by atoms with van der Waals surface area (Å²) in [5, 5.41) is 3.46. The number of anilines is 2. The number of hydrogen-bond donors (Lipinski definition) is 2. The van der Waals surface area contributed by atoms with Crippen LogP contribution in [0.4, 0.5) is 11.6 Å². The lowest BCUT2D eigenvalue weighted by Crippen LogP contribution is -2.34. The van der Waals surface area contributed by atoms with Gasteiger partial charge in [0.15, 0.2) is 11.6 Å². The van der Waals surface area contributed by atoms with Crippen LogP contribution in [-0.2, 0) is 0 Å². The van der Waals surface area contributed by atoms with Crippen molar-refractivity contribution < 1.29 is 0 Å². The molecule has 0 aliphatic heterocycles. The third-order valence-corrected chi connectivity index (χ3v) is 3.28. The maximum atomic E-state index is 6.05. The van der Waals surface area contributed by atoms with Gasteiger partial charge < -0.3 is 16.0 Å². The SMILES string of the molecule is CC(C)CC(CN(C)C)Nc1nc2ccccc2nc1N. The minimum Gasteiger partial charge on any atom is -0.381 e. The van der Waals surface area contributed by atoms with Crippen LogP contribution in [0.5, 0.6) is 0 Å². The first-order valence-electron chi connectivity index (χ1n) is 7.39. The molecule has 0 saturated carbocycles. The summed E-state index contributed by atoms with van der Waals surface area (Å²) in [6.07, 6.45) is 1.06. The molecular formula is C16H25N5. The van der Waals surface area contributed by atoms with Crippen LogP contribution < -0.4 is 11.1 Å². The van der Waals surface area contributed by atoms with Crippen LogP contribution in [0.15, 0.2) is 24.3 Å². The van der Waals surface area contributed by atoms with E-state index in [-0.39, 0.29) is 0 Å². The van der Waals surface area contributed by atoms with Gasteiger partial charge in [0.2, 0.25) is 0 Å². The number of likely N-dealkylation sites (N-methyl/N-ethyl adjacent to an activating group) is 1. The molecule has 1 aromatic carbocycles. The maximum Gasteiger partial charge on any atom is 0.169 e. The fourth-order valence-electron chi connectivity index (χ4n) is 2.50. The van der Waals surface area contributed by atoms with Gasteiger partial charge in [0, 0.05) is 12.6 Å². The highest BCUT2D eigenvalue weighted by Crippen LogP contribution is 2.20. The van der Waals surface area contributed by atoms with Crippen LogP contribution in [-0.4, -0.2) is 41.5 Å². The van der Waals surface area contributed by atoms with Crippen LogP contribution in [0.3, 0.4) is 0 Å². The van der Waals surface area contributed by atoms with E-state index in [4.69, 9.17) is 5.73 Å². The molecule has 1 aromatic heterocycles. The number of nitrogens with two attached hydrogens (primary N) is 1. The van der Waals surface area contributed by atoms with E-state index in [1.807, 2.05) is 24.3 Å². The van der Waals surface area contributed by atoms with Gasteiger partial charge in [-0.25, -0.2) is 9.97 Å². The van der Waals surface area contributed by atoms with Crippen LogP contribution in [0.1, 0.15) is 20.3 Å². The minimum absolute atomic E-state index is 0.303. The standard InChI is InChI=1S/C16H25N5/c1-11(2)9-12(10-21(3)4)18-16-15(17)19-13-7-5-6-8-14(13)20-16/h5-8,11-12H,9-10H2,1-4H3,(H2,17,19)(H,18,20). The Morgan fingerprint density at radius 1 is 1.14 bits per heavy atom. The van der Waals surface area contributed by atoms with E-state index in [0.29, 0.717) is 23.6 Å². The molecule has 0 amide bonds. The van der Waals surface area contributed by atoms with Crippen LogP contribution in [0.25, 0.3) is 11.0 Å². The Balaban J connectivity index is 2.24. The van der Waals surface area contributed by atoms with Gasteiger partial charge in [0.25, 0.3) is 0 Å². The van der Waals surface area contributed by atoms with Crippen LogP contribution in [0.2, 0.25) is 0 Å². The first-order valence-corrected chi connectivity index (χ1v) is 7.39. The van der Waals surface area contributed by atoms with Gasteiger partial charge in [-0.1, -0.05) is 26.0 Å². The molecule has 0 spiro atoms. The third kappa shape index (κ3) is 4.29. The first-order chi connectivity index (χ1) is 9.95. The zero-order valence-corrected chi connectivity index (χ0v) is 13.3. The van der Waals surface area contributed by atoms with Crippen molar-refractivity contribution in [3.8, 4) is 0 Å². The third-order valence-electron chi connectivity index (χ3n) is 3.28. The van der Waals surface area contributed by atoms with Gasteiger partial charge in [-0.15, -0.1) is 0 Å². The molecular weight excluding hydrogens is 262 g/mol. The Labute approximate surface area is 126 Å². The van der Waals surface area contributed by atoms with Crippen molar-refractivity contribution in [3.05, 3.63) is 24.3 Å². The Morgan fingerprint density at radius 2 is 1.76 bits per heavy atom. The molecule has 21 heavy (non-hydrogen) atoms. The van der Waals surface area contributed by atoms with E-state index in [1.165, 1.54) is 0 Å². The molecule has 1 heterocycles. The summed E-state index contributed by atoms with van der Waals surface area (Å²) in [5.41, 5.74) is 7.74. The van der Waals surface area contributed by atoms with Crippen LogP contribution >= 0.6 is 0 Å². The smallest absolute Gasteiger partial charge is 0.169 e. The summed E-state index contributed by atoms with van der Waals surface area (Å²) < 4.78 is 0. The van der Waals surface area contributed by atoms with Crippen molar-refractivity contribution in [2.45, 2.75) is 26.3 Å². The molecule has 5 heteroatoms. The molecule has 0 radical (unpaired) electrons. The van der Waals surface area contributed by atoms with Crippen molar-refractivity contribution in [2.24, 2.45) is 5.92 Å².